The molecule has 0 N–H and O–H groups in total. The Morgan fingerprint density at radius 3 is 2.18 bits per heavy atom. The van der Waals surface area contributed by atoms with Gasteiger partial charge in [-0.1, -0.05) is 43.0 Å². The van der Waals surface area contributed by atoms with Gasteiger partial charge in [0, 0.05) is 16.6 Å². The molecule has 0 aliphatic heterocycles. The molecule has 0 aliphatic rings. The van der Waals surface area contributed by atoms with Gasteiger partial charge in [0.15, 0.2) is 0 Å². The third-order valence-electron chi connectivity index (χ3n) is 4.11. The number of fused-ring (bicyclic) bond motifs is 1. The number of aromatic nitrogens is 1. The largest absolute Gasteiger partial charge is 0.280 e. The van der Waals surface area contributed by atoms with Crippen LogP contribution in [0.1, 0.15) is 23.7 Å². The molecule has 0 spiro atoms. The lowest BCUT2D eigenvalue weighted by atomic mass is 9.98. The zero-order chi connectivity index (χ0) is 15.9. The summed E-state index contributed by atoms with van der Waals surface area (Å²) in [5, 5.41) is 1.71. The Hall–Kier alpha value is -2.61. The maximum atomic E-state index is 13.0. The van der Waals surface area contributed by atoms with Crippen molar-refractivity contribution in [1.29, 1.82) is 0 Å². The van der Waals surface area contributed by atoms with Crippen LogP contribution in [-0.2, 0) is 0 Å². The van der Waals surface area contributed by atoms with Gasteiger partial charge < -0.3 is 0 Å². The number of pyridine rings is 1. The summed E-state index contributed by atoms with van der Waals surface area (Å²) in [6.45, 7) is 10.1. The molecule has 2 heteroatoms. The van der Waals surface area contributed by atoms with Crippen molar-refractivity contribution in [3.05, 3.63) is 82.3 Å². The number of hydrogen-bond acceptors (Lipinski definition) is 1. The minimum Gasteiger partial charge on any atom is -0.280 e. The summed E-state index contributed by atoms with van der Waals surface area (Å²) in [6.07, 6.45) is 0. The van der Waals surface area contributed by atoms with Crippen LogP contribution in [-0.4, -0.2) is 4.57 Å². The summed E-state index contributed by atoms with van der Waals surface area (Å²) in [5.41, 5.74) is 4.99. The molecule has 3 aromatic rings. The Morgan fingerprint density at radius 1 is 0.955 bits per heavy atom. The van der Waals surface area contributed by atoms with E-state index in [0.717, 1.165) is 38.9 Å². The Bertz CT molecular complexity index is 948. The van der Waals surface area contributed by atoms with Gasteiger partial charge in [0.25, 0.3) is 5.56 Å². The Kier molecular flexibility index (Phi) is 3.45. The Balaban J connectivity index is 2.55. The van der Waals surface area contributed by atoms with Gasteiger partial charge in [0.05, 0.1) is 5.69 Å². The zero-order valence-electron chi connectivity index (χ0n) is 13.2. The molecular formula is C20H19NO. The Morgan fingerprint density at radius 2 is 1.55 bits per heavy atom. The van der Waals surface area contributed by atoms with Crippen LogP contribution >= 0.6 is 0 Å². The lowest BCUT2D eigenvalue weighted by Crippen LogP contribution is -2.23. The summed E-state index contributed by atoms with van der Waals surface area (Å²) in [7, 11) is 0. The first-order valence-electron chi connectivity index (χ1n) is 7.38. The monoisotopic (exact) mass is 289 g/mol. The minimum atomic E-state index is 0.0207. The highest BCUT2D eigenvalue weighted by Crippen LogP contribution is 2.27. The molecule has 22 heavy (non-hydrogen) atoms. The van der Waals surface area contributed by atoms with E-state index in [1.165, 1.54) is 0 Å². The van der Waals surface area contributed by atoms with Gasteiger partial charge in [-0.15, -0.1) is 0 Å². The van der Waals surface area contributed by atoms with Crippen molar-refractivity contribution in [2.24, 2.45) is 0 Å². The summed E-state index contributed by atoms with van der Waals surface area (Å²) in [4.78, 5) is 13.0. The average molecular weight is 289 g/mol. The van der Waals surface area contributed by atoms with Crippen LogP contribution < -0.4 is 5.56 Å². The maximum Gasteiger partial charge on any atom is 0.263 e. The van der Waals surface area contributed by atoms with Gasteiger partial charge in [-0.25, -0.2) is 0 Å². The van der Waals surface area contributed by atoms with E-state index in [9.17, 15) is 4.79 Å². The van der Waals surface area contributed by atoms with Gasteiger partial charge in [0.2, 0.25) is 0 Å². The third kappa shape index (κ3) is 2.08. The minimum absolute atomic E-state index is 0.0207. The van der Waals surface area contributed by atoms with Gasteiger partial charge in [-0.05, 0) is 49.4 Å². The summed E-state index contributed by atoms with van der Waals surface area (Å²) in [5.74, 6) is 0. The maximum absolute atomic E-state index is 13.0. The molecular weight excluding hydrogens is 270 g/mol. The van der Waals surface area contributed by atoms with Crippen molar-refractivity contribution < 1.29 is 0 Å². The first-order chi connectivity index (χ1) is 10.5. The predicted molar refractivity (Wildman–Crippen MR) is 93.7 cm³/mol. The number of rotatable bonds is 2. The molecule has 2 nitrogen and oxygen atoms in total. The van der Waals surface area contributed by atoms with Crippen molar-refractivity contribution >= 4 is 16.3 Å². The molecule has 0 radical (unpaired) electrons. The summed E-state index contributed by atoms with van der Waals surface area (Å²) < 4.78 is 1.81. The highest BCUT2D eigenvalue weighted by Gasteiger charge is 2.15. The number of aryl methyl sites for hydroxylation is 1. The van der Waals surface area contributed by atoms with E-state index < -0.39 is 0 Å². The van der Waals surface area contributed by atoms with Crippen LogP contribution in [0.2, 0.25) is 0 Å². The summed E-state index contributed by atoms with van der Waals surface area (Å²) in [6, 6.07) is 15.7. The van der Waals surface area contributed by atoms with Gasteiger partial charge in [-0.3, -0.25) is 9.36 Å². The molecule has 0 unspecified atom stereocenters. The smallest absolute Gasteiger partial charge is 0.263 e. The van der Waals surface area contributed by atoms with Crippen molar-refractivity contribution in [3.8, 4) is 5.69 Å². The standard InChI is InChI=1S/C20H19NO/c1-13(2)19-15(4)21(18-12-8-5-9-14(18)3)20(22)17-11-7-6-10-16(17)19/h5-12H,1H2,2-4H3. The molecule has 0 amide bonds. The number of hydrogen-bond donors (Lipinski definition) is 0. The van der Waals surface area contributed by atoms with Gasteiger partial charge in [-0.2, -0.15) is 0 Å². The molecule has 0 saturated heterocycles. The quantitative estimate of drug-likeness (QED) is 0.673. The lowest BCUT2D eigenvalue weighted by Gasteiger charge is -2.18. The number of allylic oxidation sites excluding steroid dienone is 1. The molecule has 0 aliphatic carbocycles. The van der Waals surface area contributed by atoms with Crippen LogP contribution in [0.4, 0.5) is 0 Å². The average Bonchev–Trinajstić information content (AvgIpc) is 2.49. The van der Waals surface area contributed by atoms with E-state index in [4.69, 9.17) is 0 Å². The molecule has 0 bridgehead atoms. The fraction of sp³-hybridized carbons (Fsp3) is 0.150. The van der Waals surface area contributed by atoms with Crippen molar-refractivity contribution in [2.75, 3.05) is 0 Å². The zero-order valence-corrected chi connectivity index (χ0v) is 13.2. The fourth-order valence-corrected chi connectivity index (χ4v) is 3.11. The molecule has 0 atom stereocenters. The van der Waals surface area contributed by atoms with Gasteiger partial charge in [0.1, 0.15) is 0 Å². The van der Waals surface area contributed by atoms with Crippen LogP contribution in [0.15, 0.2) is 59.9 Å². The summed E-state index contributed by atoms with van der Waals surface area (Å²) >= 11 is 0. The van der Waals surface area contributed by atoms with Crippen molar-refractivity contribution in [1.82, 2.24) is 4.57 Å². The second-order valence-corrected chi connectivity index (χ2v) is 5.71. The molecule has 1 aromatic heterocycles. The number of nitrogens with zero attached hydrogens (tertiary/aromatic N) is 1. The second kappa shape index (κ2) is 5.30. The second-order valence-electron chi connectivity index (χ2n) is 5.71. The van der Waals surface area contributed by atoms with Crippen molar-refractivity contribution in [2.45, 2.75) is 20.8 Å². The first kappa shape index (κ1) is 14.3. The SMILES string of the molecule is C=C(C)c1c(C)n(-c2ccccc2C)c(=O)c2ccccc12. The third-order valence-corrected chi connectivity index (χ3v) is 4.11. The molecule has 110 valence electrons. The molecule has 2 aromatic carbocycles. The molecule has 1 heterocycles. The van der Waals surface area contributed by atoms with E-state index >= 15 is 0 Å². The molecule has 0 saturated carbocycles. The van der Waals surface area contributed by atoms with E-state index in [2.05, 4.69) is 6.58 Å². The van der Waals surface area contributed by atoms with Crippen LogP contribution in [0, 0.1) is 13.8 Å². The van der Waals surface area contributed by atoms with Gasteiger partial charge >= 0.3 is 0 Å². The highest BCUT2D eigenvalue weighted by atomic mass is 16.1. The Labute approximate surface area is 130 Å². The highest BCUT2D eigenvalue weighted by molar-refractivity contribution is 5.93. The van der Waals surface area contributed by atoms with Crippen LogP contribution in [0.5, 0.6) is 0 Å². The molecule has 0 fully saturated rings. The van der Waals surface area contributed by atoms with Crippen LogP contribution in [0.25, 0.3) is 22.0 Å². The number of para-hydroxylation sites is 1. The number of benzene rings is 2. The molecule has 3 rings (SSSR count). The lowest BCUT2D eigenvalue weighted by molar-refractivity contribution is 0.935. The topological polar surface area (TPSA) is 22.0 Å². The normalized spacial score (nSPS) is 10.9. The van der Waals surface area contributed by atoms with E-state index in [0.29, 0.717) is 0 Å². The predicted octanol–water partition coefficient (Wildman–Crippen LogP) is 4.64. The fourth-order valence-electron chi connectivity index (χ4n) is 3.11. The van der Waals surface area contributed by atoms with E-state index in [1.54, 1.807) is 0 Å². The van der Waals surface area contributed by atoms with Crippen molar-refractivity contribution in [3.63, 3.8) is 0 Å². The first-order valence-corrected chi connectivity index (χ1v) is 7.38. The van der Waals surface area contributed by atoms with Crippen LogP contribution in [0.3, 0.4) is 0 Å². The van der Waals surface area contributed by atoms with E-state index in [-0.39, 0.29) is 5.56 Å². The van der Waals surface area contributed by atoms with E-state index in [1.807, 2.05) is 73.9 Å².